The predicted molar refractivity (Wildman–Crippen MR) is 73.5 cm³/mol. The molecule has 0 amide bonds. The molecule has 3 nitrogen and oxygen atoms in total. The summed E-state index contributed by atoms with van der Waals surface area (Å²) >= 11 is 5.75. The van der Waals surface area contributed by atoms with Crippen LogP contribution in [0.15, 0.2) is 36.7 Å². The van der Waals surface area contributed by atoms with Crippen molar-refractivity contribution >= 4 is 17.4 Å². The Morgan fingerprint density at radius 1 is 1.26 bits per heavy atom. The number of Topliss-reactive ketones (excluding diaryl/α,β-unsaturated/α-hetero) is 1. The summed E-state index contributed by atoms with van der Waals surface area (Å²) in [6, 6.07) is 7.36. The number of halogens is 1. The van der Waals surface area contributed by atoms with E-state index in [4.69, 9.17) is 11.6 Å². The van der Waals surface area contributed by atoms with Crippen LogP contribution in [0, 0.1) is 0 Å². The summed E-state index contributed by atoms with van der Waals surface area (Å²) in [6.07, 6.45) is 6.18. The molecule has 1 aliphatic rings. The third-order valence-electron chi connectivity index (χ3n) is 3.52. The summed E-state index contributed by atoms with van der Waals surface area (Å²) < 4.78 is 0. The molecule has 4 heteroatoms. The van der Waals surface area contributed by atoms with Crippen molar-refractivity contribution in [1.82, 2.24) is 9.97 Å². The second kappa shape index (κ2) is 5.10. The van der Waals surface area contributed by atoms with E-state index in [2.05, 4.69) is 16.0 Å². The SMILES string of the molecule is O=C(c1ccc(Cl)nc1)C1CCCc2cccnc21. The summed E-state index contributed by atoms with van der Waals surface area (Å²) in [4.78, 5) is 20.9. The number of pyridine rings is 2. The Bertz CT molecular complexity index is 610. The van der Waals surface area contributed by atoms with Crippen molar-refractivity contribution in [3.63, 3.8) is 0 Å². The van der Waals surface area contributed by atoms with E-state index in [-0.39, 0.29) is 11.7 Å². The molecule has 1 unspecified atom stereocenters. The molecular weight excluding hydrogens is 260 g/mol. The molecule has 0 N–H and O–H groups in total. The van der Waals surface area contributed by atoms with Crippen LogP contribution in [0.1, 0.15) is 40.4 Å². The molecule has 0 fully saturated rings. The number of fused-ring (bicyclic) bond motifs is 1. The Hall–Kier alpha value is -1.74. The van der Waals surface area contributed by atoms with Crippen LogP contribution in [-0.4, -0.2) is 15.8 Å². The third kappa shape index (κ3) is 2.38. The van der Waals surface area contributed by atoms with Crippen LogP contribution in [-0.2, 0) is 6.42 Å². The zero-order valence-electron chi connectivity index (χ0n) is 10.3. The van der Waals surface area contributed by atoms with Gasteiger partial charge in [-0.25, -0.2) is 4.98 Å². The largest absolute Gasteiger partial charge is 0.293 e. The average molecular weight is 273 g/mol. The Labute approximate surface area is 116 Å². The first kappa shape index (κ1) is 12.3. The van der Waals surface area contributed by atoms with E-state index < -0.39 is 0 Å². The maximum atomic E-state index is 12.6. The monoisotopic (exact) mass is 272 g/mol. The van der Waals surface area contributed by atoms with Gasteiger partial charge in [0, 0.05) is 18.0 Å². The first-order valence-corrected chi connectivity index (χ1v) is 6.73. The highest BCUT2D eigenvalue weighted by Crippen LogP contribution is 2.32. The average Bonchev–Trinajstić information content (AvgIpc) is 2.47. The summed E-state index contributed by atoms with van der Waals surface area (Å²) in [5.41, 5.74) is 2.72. The zero-order valence-corrected chi connectivity index (χ0v) is 11.1. The Morgan fingerprint density at radius 3 is 2.95 bits per heavy atom. The number of nitrogens with zero attached hydrogens (tertiary/aromatic N) is 2. The molecule has 0 aromatic carbocycles. The lowest BCUT2D eigenvalue weighted by Crippen LogP contribution is -2.20. The van der Waals surface area contributed by atoms with Crippen LogP contribution < -0.4 is 0 Å². The van der Waals surface area contributed by atoms with E-state index in [9.17, 15) is 4.79 Å². The van der Waals surface area contributed by atoms with Gasteiger partial charge in [-0.2, -0.15) is 0 Å². The van der Waals surface area contributed by atoms with Crippen molar-refractivity contribution in [3.05, 3.63) is 58.6 Å². The number of carbonyl (C=O) groups excluding carboxylic acids is 1. The first-order valence-electron chi connectivity index (χ1n) is 6.35. The topological polar surface area (TPSA) is 42.9 Å². The van der Waals surface area contributed by atoms with Gasteiger partial charge in [-0.1, -0.05) is 17.7 Å². The molecule has 1 atom stereocenters. The van der Waals surface area contributed by atoms with Crippen LogP contribution in [0.25, 0.3) is 0 Å². The fourth-order valence-electron chi connectivity index (χ4n) is 2.59. The van der Waals surface area contributed by atoms with Crippen molar-refractivity contribution in [2.75, 3.05) is 0 Å². The minimum absolute atomic E-state index is 0.0869. The van der Waals surface area contributed by atoms with E-state index in [0.29, 0.717) is 10.7 Å². The molecule has 3 rings (SSSR count). The summed E-state index contributed by atoms with van der Waals surface area (Å²) in [6.45, 7) is 0. The Balaban J connectivity index is 1.95. The van der Waals surface area contributed by atoms with Crippen LogP contribution in [0.4, 0.5) is 0 Å². The molecule has 2 aromatic heterocycles. The number of ketones is 1. The first-order chi connectivity index (χ1) is 9.25. The van der Waals surface area contributed by atoms with E-state index in [1.807, 2.05) is 6.07 Å². The van der Waals surface area contributed by atoms with Crippen molar-refractivity contribution in [3.8, 4) is 0 Å². The van der Waals surface area contributed by atoms with Crippen LogP contribution in [0.2, 0.25) is 5.15 Å². The van der Waals surface area contributed by atoms with Gasteiger partial charge in [0.25, 0.3) is 0 Å². The molecular formula is C15H13ClN2O. The second-order valence-electron chi connectivity index (χ2n) is 4.73. The van der Waals surface area contributed by atoms with E-state index in [0.717, 1.165) is 25.0 Å². The van der Waals surface area contributed by atoms with Gasteiger partial charge >= 0.3 is 0 Å². The van der Waals surface area contributed by atoms with Gasteiger partial charge in [-0.3, -0.25) is 9.78 Å². The van der Waals surface area contributed by atoms with Gasteiger partial charge in [0.1, 0.15) is 5.15 Å². The van der Waals surface area contributed by atoms with E-state index in [1.165, 1.54) is 5.56 Å². The molecule has 0 saturated carbocycles. The molecule has 0 bridgehead atoms. The lowest BCUT2D eigenvalue weighted by Gasteiger charge is -2.23. The molecule has 19 heavy (non-hydrogen) atoms. The van der Waals surface area contributed by atoms with Gasteiger partial charge in [-0.05, 0) is 43.0 Å². The number of hydrogen-bond donors (Lipinski definition) is 0. The maximum absolute atomic E-state index is 12.6. The molecule has 0 spiro atoms. The summed E-state index contributed by atoms with van der Waals surface area (Å²) in [7, 11) is 0. The summed E-state index contributed by atoms with van der Waals surface area (Å²) in [5.74, 6) is -0.0586. The number of aryl methyl sites for hydroxylation is 1. The molecule has 1 aliphatic carbocycles. The highest BCUT2D eigenvalue weighted by Gasteiger charge is 2.28. The van der Waals surface area contributed by atoms with Gasteiger partial charge in [0.05, 0.1) is 11.6 Å². The minimum atomic E-state index is -0.145. The number of aromatic nitrogens is 2. The third-order valence-corrected chi connectivity index (χ3v) is 3.75. The maximum Gasteiger partial charge on any atom is 0.173 e. The fourth-order valence-corrected chi connectivity index (χ4v) is 2.70. The summed E-state index contributed by atoms with van der Waals surface area (Å²) in [5, 5.41) is 0.402. The van der Waals surface area contributed by atoms with Gasteiger partial charge in [0.2, 0.25) is 0 Å². The van der Waals surface area contributed by atoms with Crippen LogP contribution in [0.5, 0.6) is 0 Å². The quantitative estimate of drug-likeness (QED) is 0.621. The Morgan fingerprint density at radius 2 is 2.16 bits per heavy atom. The van der Waals surface area contributed by atoms with Crippen molar-refractivity contribution in [2.24, 2.45) is 0 Å². The van der Waals surface area contributed by atoms with E-state index >= 15 is 0 Å². The molecule has 0 aliphatic heterocycles. The van der Waals surface area contributed by atoms with Gasteiger partial charge < -0.3 is 0 Å². The highest BCUT2D eigenvalue weighted by atomic mass is 35.5. The number of hydrogen-bond acceptors (Lipinski definition) is 3. The smallest absolute Gasteiger partial charge is 0.173 e. The molecule has 96 valence electrons. The Kier molecular flexibility index (Phi) is 3.30. The normalized spacial score (nSPS) is 17.8. The second-order valence-corrected chi connectivity index (χ2v) is 5.11. The predicted octanol–water partition coefficient (Wildman–Crippen LogP) is 3.43. The van der Waals surface area contributed by atoms with Crippen molar-refractivity contribution < 1.29 is 4.79 Å². The van der Waals surface area contributed by atoms with E-state index in [1.54, 1.807) is 24.5 Å². The van der Waals surface area contributed by atoms with Crippen molar-refractivity contribution in [1.29, 1.82) is 0 Å². The zero-order chi connectivity index (χ0) is 13.2. The lowest BCUT2D eigenvalue weighted by atomic mass is 9.82. The van der Waals surface area contributed by atoms with Crippen LogP contribution in [0.3, 0.4) is 0 Å². The lowest BCUT2D eigenvalue weighted by molar-refractivity contribution is 0.0948. The number of rotatable bonds is 2. The molecule has 2 heterocycles. The van der Waals surface area contributed by atoms with Gasteiger partial charge in [0.15, 0.2) is 5.78 Å². The number of carbonyl (C=O) groups is 1. The minimum Gasteiger partial charge on any atom is -0.293 e. The molecule has 0 saturated heterocycles. The molecule has 2 aromatic rings. The fraction of sp³-hybridized carbons (Fsp3) is 0.267. The van der Waals surface area contributed by atoms with Crippen molar-refractivity contribution in [2.45, 2.75) is 25.2 Å². The van der Waals surface area contributed by atoms with Gasteiger partial charge in [-0.15, -0.1) is 0 Å². The standard InChI is InChI=1S/C15H13ClN2O/c16-13-7-6-11(9-18-13)15(19)12-5-1-3-10-4-2-8-17-14(10)12/h2,4,6-9,12H,1,3,5H2. The van der Waals surface area contributed by atoms with Crippen LogP contribution >= 0.6 is 11.6 Å². The highest BCUT2D eigenvalue weighted by molar-refractivity contribution is 6.29. The molecule has 0 radical (unpaired) electrons.